The molecule has 0 aliphatic rings. The smallest absolute Gasteiger partial charge is 0.212 e. The fraction of sp³-hybridized carbons (Fsp3) is 0.429. The number of hydrogen-bond donors (Lipinski definition) is 0. The molecule has 0 amide bonds. The summed E-state index contributed by atoms with van der Waals surface area (Å²) < 4.78 is 23.3. The Hall–Kier alpha value is -0.350. The van der Waals surface area contributed by atoms with E-state index in [1.54, 1.807) is 6.07 Å². The van der Waals surface area contributed by atoms with Crippen LogP contribution in [-0.2, 0) is 9.84 Å². The molecule has 1 heterocycles. The van der Waals surface area contributed by atoms with E-state index in [-0.39, 0.29) is 20.2 Å². The molecule has 1 atom stereocenters. The van der Waals surface area contributed by atoms with Crippen molar-refractivity contribution < 1.29 is 8.42 Å². The van der Waals surface area contributed by atoms with Crippen LogP contribution >= 0.6 is 34.5 Å². The van der Waals surface area contributed by atoms with Crippen molar-refractivity contribution in [2.75, 3.05) is 5.88 Å². The van der Waals surface area contributed by atoms with Gasteiger partial charge in [-0.2, -0.15) is 5.26 Å². The van der Waals surface area contributed by atoms with E-state index in [9.17, 15) is 8.42 Å². The highest BCUT2D eigenvalue weighted by Gasteiger charge is 2.27. The first kappa shape index (κ1) is 12.7. The van der Waals surface area contributed by atoms with E-state index >= 15 is 0 Å². The molecule has 0 saturated heterocycles. The molecule has 4 nitrogen and oxygen atoms in total. The molecule has 0 radical (unpaired) electrons. The summed E-state index contributed by atoms with van der Waals surface area (Å²) in [6.07, 6.45) is 0. The SMILES string of the molecule is CC(CCl)S(=O)(=O)c1nc(Cl)c(C#N)s1. The van der Waals surface area contributed by atoms with Gasteiger partial charge in [0.05, 0.1) is 5.25 Å². The predicted molar refractivity (Wildman–Crippen MR) is 59.2 cm³/mol. The zero-order valence-corrected chi connectivity index (χ0v) is 10.7. The standard InChI is InChI=1S/C7H6Cl2N2O2S2/c1-4(2-8)15(12,13)7-11-6(9)5(3-10)14-7/h4H,2H2,1H3. The molecule has 0 N–H and O–H groups in total. The van der Waals surface area contributed by atoms with Crippen LogP contribution in [0.25, 0.3) is 0 Å². The molecule has 0 bridgehead atoms. The third-order valence-electron chi connectivity index (χ3n) is 1.66. The summed E-state index contributed by atoms with van der Waals surface area (Å²) in [6, 6.07) is 1.77. The lowest BCUT2D eigenvalue weighted by molar-refractivity contribution is 0.587. The number of alkyl halides is 1. The normalized spacial score (nSPS) is 13.5. The first-order valence-electron chi connectivity index (χ1n) is 3.79. The number of hydrogen-bond acceptors (Lipinski definition) is 5. The lowest BCUT2D eigenvalue weighted by atomic mass is 10.6. The van der Waals surface area contributed by atoms with E-state index < -0.39 is 15.1 Å². The number of sulfone groups is 1. The van der Waals surface area contributed by atoms with Gasteiger partial charge in [0.2, 0.25) is 14.2 Å². The lowest BCUT2D eigenvalue weighted by Crippen LogP contribution is -2.19. The maximum atomic E-state index is 11.7. The highest BCUT2D eigenvalue weighted by atomic mass is 35.5. The molecule has 0 saturated carbocycles. The van der Waals surface area contributed by atoms with Crippen LogP contribution in [0.1, 0.15) is 11.8 Å². The molecule has 0 aliphatic carbocycles. The summed E-state index contributed by atoms with van der Waals surface area (Å²) in [5, 5.41) is 7.79. The van der Waals surface area contributed by atoms with Crippen molar-refractivity contribution in [1.82, 2.24) is 4.98 Å². The molecule has 1 aromatic rings. The number of halogens is 2. The topological polar surface area (TPSA) is 70.8 Å². The maximum Gasteiger partial charge on any atom is 0.212 e. The summed E-state index contributed by atoms with van der Waals surface area (Å²) in [7, 11) is -3.56. The van der Waals surface area contributed by atoms with Crippen LogP contribution in [0.4, 0.5) is 0 Å². The second kappa shape index (κ2) is 4.66. The molecule has 8 heteroatoms. The third-order valence-corrected chi connectivity index (χ3v) is 6.20. The Labute approximate surface area is 101 Å². The van der Waals surface area contributed by atoms with Gasteiger partial charge < -0.3 is 0 Å². The van der Waals surface area contributed by atoms with E-state index in [2.05, 4.69) is 4.98 Å². The molecule has 82 valence electrons. The highest BCUT2D eigenvalue weighted by molar-refractivity contribution is 7.94. The van der Waals surface area contributed by atoms with Crippen molar-refractivity contribution in [3.63, 3.8) is 0 Å². The van der Waals surface area contributed by atoms with Crippen molar-refractivity contribution in [3.05, 3.63) is 10.0 Å². The van der Waals surface area contributed by atoms with Crippen molar-refractivity contribution in [3.8, 4) is 6.07 Å². The van der Waals surface area contributed by atoms with Crippen molar-refractivity contribution in [2.45, 2.75) is 16.5 Å². The number of nitriles is 1. The molecule has 0 aliphatic heterocycles. The summed E-state index contributed by atoms with van der Waals surface area (Å²) in [5.74, 6) is -0.0264. The van der Waals surface area contributed by atoms with E-state index in [4.69, 9.17) is 28.5 Å². The zero-order chi connectivity index (χ0) is 11.6. The van der Waals surface area contributed by atoms with Crippen LogP contribution in [0, 0.1) is 11.3 Å². The molecule has 1 unspecified atom stereocenters. The molecular formula is C7H6Cl2N2O2S2. The number of rotatable bonds is 3. The number of thiazole rings is 1. The van der Waals surface area contributed by atoms with E-state index in [0.29, 0.717) is 0 Å². The number of aromatic nitrogens is 1. The first-order chi connectivity index (χ1) is 6.93. The lowest BCUT2D eigenvalue weighted by Gasteiger charge is -2.05. The summed E-state index contributed by atoms with van der Waals surface area (Å²) in [6.45, 7) is 1.48. The molecule has 0 spiro atoms. The van der Waals surface area contributed by atoms with E-state index in [1.165, 1.54) is 6.92 Å². The van der Waals surface area contributed by atoms with E-state index in [0.717, 1.165) is 11.3 Å². The summed E-state index contributed by atoms with van der Waals surface area (Å²) in [5.41, 5.74) is 0. The van der Waals surface area contributed by atoms with Gasteiger partial charge in [-0.1, -0.05) is 22.9 Å². The van der Waals surface area contributed by atoms with Gasteiger partial charge in [0, 0.05) is 5.88 Å². The monoisotopic (exact) mass is 284 g/mol. The van der Waals surface area contributed by atoms with Crippen molar-refractivity contribution in [1.29, 1.82) is 5.26 Å². The van der Waals surface area contributed by atoms with Crippen LogP contribution < -0.4 is 0 Å². The fourth-order valence-electron chi connectivity index (χ4n) is 0.729. The van der Waals surface area contributed by atoms with Gasteiger partial charge in [-0.05, 0) is 6.92 Å². The van der Waals surface area contributed by atoms with E-state index in [1.807, 2.05) is 0 Å². The Morgan fingerprint density at radius 2 is 2.27 bits per heavy atom. The van der Waals surface area contributed by atoms with Crippen LogP contribution in [0.15, 0.2) is 4.34 Å². The molecule has 0 aromatic carbocycles. The molecule has 1 aromatic heterocycles. The first-order valence-corrected chi connectivity index (χ1v) is 7.07. The van der Waals surface area contributed by atoms with Crippen molar-refractivity contribution in [2.24, 2.45) is 0 Å². The van der Waals surface area contributed by atoms with Crippen LogP contribution in [0.5, 0.6) is 0 Å². The predicted octanol–water partition coefficient (Wildman–Crippen LogP) is 2.07. The van der Waals surface area contributed by atoms with Gasteiger partial charge in [-0.25, -0.2) is 13.4 Å². The minimum atomic E-state index is -3.56. The Kier molecular flexibility index (Phi) is 3.95. The Bertz CT molecular complexity index is 504. The summed E-state index contributed by atoms with van der Waals surface area (Å²) >= 11 is 11.8. The molecule has 0 fully saturated rings. The zero-order valence-electron chi connectivity index (χ0n) is 7.57. The van der Waals surface area contributed by atoms with Gasteiger partial charge in [0.15, 0.2) is 5.15 Å². The number of nitrogens with zero attached hydrogens (tertiary/aromatic N) is 2. The van der Waals surface area contributed by atoms with Gasteiger partial charge in [-0.3, -0.25) is 0 Å². The Morgan fingerprint density at radius 3 is 2.67 bits per heavy atom. The maximum absolute atomic E-state index is 11.7. The highest BCUT2D eigenvalue weighted by Crippen LogP contribution is 2.28. The minimum absolute atomic E-state index is 0.0264. The second-order valence-corrected chi connectivity index (χ2v) is 6.93. The fourth-order valence-corrected chi connectivity index (χ4v) is 3.99. The Balaban J connectivity index is 3.24. The minimum Gasteiger partial charge on any atom is -0.221 e. The average Bonchev–Trinajstić information content (AvgIpc) is 2.58. The van der Waals surface area contributed by atoms with Crippen LogP contribution in [0.3, 0.4) is 0 Å². The largest absolute Gasteiger partial charge is 0.221 e. The third kappa shape index (κ3) is 2.42. The van der Waals surface area contributed by atoms with Gasteiger partial charge in [0.1, 0.15) is 10.9 Å². The Morgan fingerprint density at radius 1 is 1.67 bits per heavy atom. The molecular weight excluding hydrogens is 279 g/mol. The quantitative estimate of drug-likeness (QED) is 0.797. The van der Waals surface area contributed by atoms with Crippen LogP contribution in [0.2, 0.25) is 5.15 Å². The van der Waals surface area contributed by atoms with Gasteiger partial charge in [-0.15, -0.1) is 11.6 Å². The van der Waals surface area contributed by atoms with Gasteiger partial charge in [0.25, 0.3) is 0 Å². The summed E-state index contributed by atoms with van der Waals surface area (Å²) in [4.78, 5) is 3.73. The second-order valence-electron chi connectivity index (χ2n) is 2.72. The average molecular weight is 285 g/mol. The van der Waals surface area contributed by atoms with Gasteiger partial charge >= 0.3 is 0 Å². The van der Waals surface area contributed by atoms with Crippen molar-refractivity contribution >= 4 is 44.4 Å². The molecule has 15 heavy (non-hydrogen) atoms. The molecule has 1 rings (SSSR count). The van der Waals surface area contributed by atoms with Crippen LogP contribution in [-0.4, -0.2) is 24.5 Å².